The number of allylic oxidation sites excluding steroid dienone is 1. The molecule has 0 spiro atoms. The number of unbranched alkanes of at least 4 members (excludes halogenated alkanes) is 2. The Labute approximate surface area is 366 Å². The van der Waals surface area contributed by atoms with Crippen LogP contribution >= 0.6 is 0 Å². The Bertz CT molecular complexity index is 2440. The summed E-state index contributed by atoms with van der Waals surface area (Å²) in [5, 5.41) is 23.7. The first-order valence-corrected chi connectivity index (χ1v) is 24.0. The van der Waals surface area contributed by atoms with Crippen LogP contribution in [0, 0.1) is 17.8 Å². The van der Waals surface area contributed by atoms with Crippen molar-refractivity contribution in [3.63, 3.8) is 0 Å². The van der Waals surface area contributed by atoms with E-state index in [-0.39, 0.29) is 41.0 Å². The summed E-state index contributed by atoms with van der Waals surface area (Å²) in [4.78, 5) is 41.2. The zero-order chi connectivity index (χ0) is 43.4. The van der Waals surface area contributed by atoms with Crippen LogP contribution in [-0.4, -0.2) is 67.1 Å². The zero-order valence-electron chi connectivity index (χ0n) is 36.0. The second kappa shape index (κ2) is 18.4. The number of rotatable bonds is 16. The van der Waals surface area contributed by atoms with Crippen LogP contribution in [0.4, 0.5) is 0 Å². The number of carbonyl (C=O) groups is 3. The summed E-state index contributed by atoms with van der Waals surface area (Å²) >= 11 is 0. The molecule has 2 fully saturated rings. The van der Waals surface area contributed by atoms with Gasteiger partial charge in [-0.05, 0) is 86.8 Å². The number of phenolic OH excluding ortho intramolecular Hbond substituents is 1. The van der Waals surface area contributed by atoms with E-state index in [4.69, 9.17) is 14.3 Å². The van der Waals surface area contributed by atoms with Crippen LogP contribution in [0.3, 0.4) is 0 Å². The van der Waals surface area contributed by atoms with Crippen molar-refractivity contribution in [2.75, 3.05) is 19.8 Å². The van der Waals surface area contributed by atoms with Gasteiger partial charge in [-0.3, -0.25) is 19.3 Å². The molecule has 4 atom stereocenters. The minimum absolute atomic E-state index is 0.0720. The monoisotopic (exact) mass is 847 g/mol. The lowest BCUT2D eigenvalue weighted by molar-refractivity contribution is -0.141. The minimum atomic E-state index is -2.97. The molecule has 0 aromatic heterocycles. The maximum atomic E-state index is 14.4. The van der Waals surface area contributed by atoms with E-state index in [1.54, 1.807) is 6.07 Å². The fraction of sp³-hybridized carbons (Fsp3) is 0.340. The van der Waals surface area contributed by atoms with E-state index in [1.807, 2.05) is 60.7 Å². The summed E-state index contributed by atoms with van der Waals surface area (Å²) in [5.41, 5.74) is 5.42. The smallest absolute Gasteiger partial charge is 0.303 e. The number of carboxylic acids is 1. The standard InChI is InChI=1S/C53H57NO7Si/c1-53(2,3)62(40-20-10-5-11-21-40,41-22-12-6-13-23-41)61-34-39-33-44-50(52(59)54(51(44)58)31-17-7-14-26-48(56)57)45-35-60-47(49(39)45)30-28-37(36-18-8-4-9-19-36)32-38-27-29-46(55)43-25-16-15-24-42(38)43/h4-6,8-13,15-16,18-25,27,29,32,44-45,47,50,55H,7,14,17,26,28,30-31,33-35H2,1-3H3,(H,56,57)/b37-32-/t44-,45+,47-,50-/m1/s1. The minimum Gasteiger partial charge on any atom is -0.507 e. The van der Waals surface area contributed by atoms with Crippen molar-refractivity contribution in [3.8, 4) is 5.75 Å². The summed E-state index contributed by atoms with van der Waals surface area (Å²) in [5.74, 6) is -2.14. The molecule has 62 heavy (non-hydrogen) atoms. The first-order chi connectivity index (χ1) is 30.0. The molecule has 5 aromatic rings. The Balaban J connectivity index is 1.16. The molecule has 5 aromatic carbocycles. The Hall–Kier alpha value is -5.61. The van der Waals surface area contributed by atoms with Gasteiger partial charge in [-0.1, -0.05) is 155 Å². The SMILES string of the molecule is CC(C)(C)[Si](OCC1=C2[C@@H](CC/C(=C/c3ccc(O)c4ccccc34)c3ccccc3)OC[C@@H]2[C@@H]2C(=O)N(CCCCCC(=O)O)C(=O)[C@@H]2C1)(c1ccccc1)c1ccccc1. The van der Waals surface area contributed by atoms with Gasteiger partial charge in [-0.15, -0.1) is 0 Å². The van der Waals surface area contributed by atoms with E-state index < -0.39 is 26.1 Å². The van der Waals surface area contributed by atoms with E-state index in [9.17, 15) is 19.5 Å². The van der Waals surface area contributed by atoms with Crippen molar-refractivity contribution in [2.24, 2.45) is 17.8 Å². The number of imide groups is 1. The van der Waals surface area contributed by atoms with Gasteiger partial charge in [0.05, 0.1) is 31.2 Å². The lowest BCUT2D eigenvalue weighted by Crippen LogP contribution is -2.66. The molecule has 2 N–H and O–H groups in total. The number of carboxylic acid groups (broad SMARTS) is 1. The molecule has 1 aliphatic carbocycles. The van der Waals surface area contributed by atoms with Crippen LogP contribution in [0.5, 0.6) is 5.75 Å². The zero-order valence-corrected chi connectivity index (χ0v) is 37.0. The molecule has 0 radical (unpaired) electrons. The highest BCUT2D eigenvalue weighted by Gasteiger charge is 2.57. The number of carbonyl (C=O) groups excluding carboxylic acids is 2. The van der Waals surface area contributed by atoms with Crippen molar-refractivity contribution in [1.29, 1.82) is 0 Å². The number of aromatic hydroxyl groups is 1. The molecule has 0 saturated carbocycles. The second-order valence-electron chi connectivity index (χ2n) is 18.1. The normalized spacial score (nSPS) is 20.5. The molecular formula is C53H57NO7Si. The lowest BCUT2D eigenvalue weighted by atomic mass is 9.69. The van der Waals surface area contributed by atoms with Gasteiger partial charge in [0.15, 0.2) is 0 Å². The largest absolute Gasteiger partial charge is 0.507 e. The molecule has 3 aliphatic rings. The summed E-state index contributed by atoms with van der Waals surface area (Å²) in [6.07, 6.45) is 5.50. The third-order valence-corrected chi connectivity index (χ3v) is 18.3. The Morgan fingerprint density at radius 1 is 0.774 bits per heavy atom. The van der Waals surface area contributed by atoms with Crippen LogP contribution in [0.2, 0.25) is 5.04 Å². The number of nitrogens with zero attached hydrogens (tertiary/aromatic N) is 1. The Morgan fingerprint density at radius 3 is 2.05 bits per heavy atom. The average molecular weight is 848 g/mol. The number of likely N-dealkylation sites (tertiary alicyclic amines) is 1. The van der Waals surface area contributed by atoms with Crippen LogP contribution in [0.25, 0.3) is 22.4 Å². The van der Waals surface area contributed by atoms with Gasteiger partial charge in [-0.25, -0.2) is 0 Å². The first-order valence-electron chi connectivity index (χ1n) is 22.1. The van der Waals surface area contributed by atoms with Crippen LogP contribution in [0.15, 0.2) is 139 Å². The highest BCUT2D eigenvalue weighted by Crippen LogP contribution is 2.51. The van der Waals surface area contributed by atoms with Crippen LogP contribution in [0.1, 0.15) is 76.8 Å². The predicted octanol–water partition coefficient (Wildman–Crippen LogP) is 9.40. The van der Waals surface area contributed by atoms with E-state index >= 15 is 0 Å². The molecule has 8 rings (SSSR count). The van der Waals surface area contributed by atoms with Crippen molar-refractivity contribution in [1.82, 2.24) is 4.90 Å². The summed E-state index contributed by atoms with van der Waals surface area (Å²) in [6, 6.07) is 43.1. The number of fused-ring (bicyclic) bond motifs is 4. The molecule has 0 unspecified atom stereocenters. The second-order valence-corrected chi connectivity index (χ2v) is 22.4. The number of hydrogen-bond acceptors (Lipinski definition) is 6. The van der Waals surface area contributed by atoms with Crippen molar-refractivity contribution >= 4 is 58.9 Å². The van der Waals surface area contributed by atoms with E-state index in [2.05, 4.69) is 87.5 Å². The molecule has 8 nitrogen and oxygen atoms in total. The molecule has 9 heteroatoms. The van der Waals surface area contributed by atoms with Gasteiger partial charge in [0.2, 0.25) is 11.8 Å². The first kappa shape index (κ1) is 43.1. The number of aliphatic carboxylic acids is 1. The molecule has 2 aliphatic heterocycles. The average Bonchev–Trinajstić information content (AvgIpc) is 3.81. The third kappa shape index (κ3) is 8.46. The van der Waals surface area contributed by atoms with Gasteiger partial charge in [0.1, 0.15) is 5.75 Å². The predicted molar refractivity (Wildman–Crippen MR) is 247 cm³/mol. The topological polar surface area (TPSA) is 113 Å². The number of phenols is 1. The van der Waals surface area contributed by atoms with Gasteiger partial charge < -0.3 is 19.4 Å². The lowest BCUT2D eigenvalue weighted by Gasteiger charge is -2.44. The van der Waals surface area contributed by atoms with E-state index in [0.717, 1.165) is 38.6 Å². The van der Waals surface area contributed by atoms with Crippen molar-refractivity contribution in [2.45, 2.75) is 76.9 Å². The number of ether oxygens (including phenoxy) is 1. The fourth-order valence-corrected chi connectivity index (χ4v) is 15.0. The van der Waals surface area contributed by atoms with Gasteiger partial charge in [-0.2, -0.15) is 0 Å². The Morgan fingerprint density at radius 2 is 1.40 bits per heavy atom. The van der Waals surface area contributed by atoms with E-state index in [0.29, 0.717) is 58.3 Å². The quantitative estimate of drug-likeness (QED) is 0.0335. The molecular weight excluding hydrogens is 791 g/mol. The molecule has 2 saturated heterocycles. The highest BCUT2D eigenvalue weighted by molar-refractivity contribution is 6.99. The molecule has 2 heterocycles. The molecule has 320 valence electrons. The van der Waals surface area contributed by atoms with Crippen molar-refractivity contribution < 1.29 is 33.8 Å². The number of amides is 2. The van der Waals surface area contributed by atoms with Crippen molar-refractivity contribution in [3.05, 3.63) is 150 Å². The number of hydrogen-bond donors (Lipinski definition) is 2. The van der Waals surface area contributed by atoms with Crippen LogP contribution < -0.4 is 10.4 Å². The number of benzene rings is 5. The van der Waals surface area contributed by atoms with Gasteiger partial charge in [0, 0.05) is 24.3 Å². The fourth-order valence-electron chi connectivity index (χ4n) is 10.4. The maximum absolute atomic E-state index is 14.4. The Kier molecular flexibility index (Phi) is 12.8. The van der Waals surface area contributed by atoms with Gasteiger partial charge in [0.25, 0.3) is 8.32 Å². The molecule has 2 amide bonds. The van der Waals surface area contributed by atoms with E-state index in [1.165, 1.54) is 15.3 Å². The summed E-state index contributed by atoms with van der Waals surface area (Å²) < 4.78 is 14.4. The van der Waals surface area contributed by atoms with Gasteiger partial charge >= 0.3 is 5.97 Å². The molecule has 0 bridgehead atoms. The third-order valence-electron chi connectivity index (χ3n) is 13.3. The highest BCUT2D eigenvalue weighted by atomic mass is 28.4. The summed E-state index contributed by atoms with van der Waals surface area (Å²) in [6.45, 7) is 7.76. The van der Waals surface area contributed by atoms with Crippen LogP contribution in [-0.2, 0) is 23.5 Å². The maximum Gasteiger partial charge on any atom is 0.303 e. The summed E-state index contributed by atoms with van der Waals surface area (Å²) in [7, 11) is -2.97.